The molecule has 1 aliphatic rings. The maximum absolute atomic E-state index is 12.4. The number of carboxylic acid groups (broad SMARTS) is 1. The highest BCUT2D eigenvalue weighted by molar-refractivity contribution is 5.89. The van der Waals surface area contributed by atoms with Gasteiger partial charge in [-0.1, -0.05) is 36.4 Å². The average molecular weight is 303 g/mol. The molecule has 0 bridgehead atoms. The summed E-state index contributed by atoms with van der Waals surface area (Å²) in [7, 11) is 0. The lowest BCUT2D eigenvalue weighted by Crippen LogP contribution is -2.47. The summed E-state index contributed by atoms with van der Waals surface area (Å²) < 4.78 is 5.14. The summed E-state index contributed by atoms with van der Waals surface area (Å²) in [4.78, 5) is 23.6. The van der Waals surface area contributed by atoms with Crippen LogP contribution in [-0.2, 0) is 20.7 Å². The normalized spacial score (nSPS) is 16.5. The van der Waals surface area contributed by atoms with Crippen molar-refractivity contribution in [3.8, 4) is 0 Å². The molecule has 0 aromatic heterocycles. The lowest BCUT2D eigenvalue weighted by Gasteiger charge is -2.19. The Morgan fingerprint density at radius 1 is 1.36 bits per heavy atom. The van der Waals surface area contributed by atoms with Gasteiger partial charge in [0.1, 0.15) is 0 Å². The number of amides is 1. The van der Waals surface area contributed by atoms with Gasteiger partial charge in [0.25, 0.3) is 0 Å². The summed E-state index contributed by atoms with van der Waals surface area (Å²) >= 11 is 0. The van der Waals surface area contributed by atoms with Gasteiger partial charge in [-0.3, -0.25) is 4.79 Å². The molecule has 5 heteroatoms. The van der Waals surface area contributed by atoms with E-state index in [0.29, 0.717) is 6.42 Å². The Morgan fingerprint density at radius 3 is 2.59 bits per heavy atom. The quantitative estimate of drug-likeness (QED) is 0.538. The van der Waals surface area contributed by atoms with Gasteiger partial charge in [0.15, 0.2) is 6.04 Å². The van der Waals surface area contributed by atoms with E-state index >= 15 is 0 Å². The smallest absolute Gasteiger partial charge is 0.328 e. The van der Waals surface area contributed by atoms with E-state index in [4.69, 9.17) is 4.74 Å². The van der Waals surface area contributed by atoms with Crippen LogP contribution in [-0.4, -0.2) is 36.2 Å². The minimum atomic E-state index is -1.09. The number of carboxylic acids is 1. The molecule has 22 heavy (non-hydrogen) atoms. The van der Waals surface area contributed by atoms with E-state index in [-0.39, 0.29) is 19.1 Å². The topological polar surface area (TPSA) is 75.6 Å². The van der Waals surface area contributed by atoms with E-state index in [1.54, 1.807) is 6.08 Å². The van der Waals surface area contributed by atoms with E-state index in [2.05, 4.69) is 11.9 Å². The first-order valence-electron chi connectivity index (χ1n) is 7.34. The van der Waals surface area contributed by atoms with Crippen LogP contribution in [0.2, 0.25) is 0 Å². The average Bonchev–Trinajstić information content (AvgIpc) is 3.28. The molecule has 5 nitrogen and oxygen atoms in total. The van der Waals surface area contributed by atoms with Crippen LogP contribution >= 0.6 is 0 Å². The first-order valence-corrected chi connectivity index (χ1v) is 7.34. The Bertz CT molecular complexity index is 537. The Kier molecular flexibility index (Phi) is 5.33. The van der Waals surface area contributed by atoms with Crippen LogP contribution in [0.1, 0.15) is 18.4 Å². The van der Waals surface area contributed by atoms with E-state index in [9.17, 15) is 14.7 Å². The fourth-order valence-electron chi connectivity index (χ4n) is 2.38. The second kappa shape index (κ2) is 7.22. The molecule has 2 rings (SSSR count). The van der Waals surface area contributed by atoms with Crippen molar-refractivity contribution >= 4 is 11.9 Å². The summed E-state index contributed by atoms with van der Waals surface area (Å²) in [6, 6.07) is 8.74. The van der Waals surface area contributed by atoms with E-state index in [1.165, 1.54) is 0 Å². The molecule has 2 N–H and O–H groups in total. The summed E-state index contributed by atoms with van der Waals surface area (Å²) in [5, 5.41) is 11.8. The molecule has 1 aromatic rings. The maximum Gasteiger partial charge on any atom is 0.328 e. The zero-order valence-corrected chi connectivity index (χ0v) is 12.5. The van der Waals surface area contributed by atoms with Crippen molar-refractivity contribution < 1.29 is 19.4 Å². The third-order valence-electron chi connectivity index (χ3n) is 3.84. The molecule has 0 spiro atoms. The number of rotatable bonds is 9. The standard InChI is InChI=1S/C17H21NO4/c1-2-10-22-12-14(15(19)20)18-16(21)17(8-9-17)11-13-6-4-3-5-7-13/h2-7,14H,1,8-12H2,(H,18,21)(H,19,20). The van der Waals surface area contributed by atoms with Gasteiger partial charge >= 0.3 is 5.97 Å². The molecule has 1 amide bonds. The number of hydrogen-bond acceptors (Lipinski definition) is 3. The highest BCUT2D eigenvalue weighted by Gasteiger charge is 2.50. The summed E-state index contributed by atoms with van der Waals surface area (Å²) in [6.07, 6.45) is 3.75. The second-order valence-electron chi connectivity index (χ2n) is 5.63. The van der Waals surface area contributed by atoms with Crippen molar-refractivity contribution in [3.05, 3.63) is 48.6 Å². The van der Waals surface area contributed by atoms with Crippen LogP contribution in [0.4, 0.5) is 0 Å². The van der Waals surface area contributed by atoms with Crippen molar-refractivity contribution in [1.29, 1.82) is 0 Å². The predicted octanol–water partition coefficient (Wildman–Crippen LogP) is 1.78. The summed E-state index contributed by atoms with van der Waals surface area (Å²) in [5.41, 5.74) is 0.623. The summed E-state index contributed by atoms with van der Waals surface area (Å²) in [5.74, 6) is -1.29. The van der Waals surface area contributed by atoms with Gasteiger partial charge in [-0.2, -0.15) is 0 Å². The van der Waals surface area contributed by atoms with Crippen molar-refractivity contribution in [2.45, 2.75) is 25.3 Å². The number of nitrogens with one attached hydrogen (secondary N) is 1. The molecule has 118 valence electrons. The van der Waals surface area contributed by atoms with Gasteiger partial charge in [0.05, 0.1) is 18.6 Å². The second-order valence-corrected chi connectivity index (χ2v) is 5.63. The minimum Gasteiger partial charge on any atom is -0.480 e. The van der Waals surface area contributed by atoms with Crippen molar-refractivity contribution in [1.82, 2.24) is 5.32 Å². The molecule has 1 unspecified atom stereocenters. The molecule has 1 fully saturated rings. The third kappa shape index (κ3) is 4.18. The Balaban J connectivity index is 1.94. The first kappa shape index (κ1) is 16.2. The van der Waals surface area contributed by atoms with Crippen LogP contribution < -0.4 is 5.32 Å². The molecule has 1 atom stereocenters. The molecular weight excluding hydrogens is 282 g/mol. The maximum atomic E-state index is 12.4. The third-order valence-corrected chi connectivity index (χ3v) is 3.84. The first-order chi connectivity index (χ1) is 10.6. The van der Waals surface area contributed by atoms with Crippen molar-refractivity contribution in [2.75, 3.05) is 13.2 Å². The SMILES string of the molecule is C=CCOCC(NC(=O)C1(Cc2ccccc2)CC1)C(=O)O. The monoisotopic (exact) mass is 303 g/mol. The predicted molar refractivity (Wildman–Crippen MR) is 82.4 cm³/mol. The Morgan fingerprint density at radius 2 is 2.05 bits per heavy atom. The van der Waals surface area contributed by atoms with Crippen molar-refractivity contribution in [2.24, 2.45) is 5.41 Å². The minimum absolute atomic E-state index is 0.0610. The Hall–Kier alpha value is -2.14. The van der Waals surface area contributed by atoms with Crippen LogP contribution in [0.5, 0.6) is 0 Å². The summed E-state index contributed by atoms with van der Waals surface area (Å²) in [6.45, 7) is 3.70. The molecule has 0 saturated heterocycles. The number of carbonyl (C=O) groups excluding carboxylic acids is 1. The van der Waals surface area contributed by atoms with Gasteiger partial charge in [-0.15, -0.1) is 6.58 Å². The van der Waals surface area contributed by atoms with E-state index < -0.39 is 17.4 Å². The largest absolute Gasteiger partial charge is 0.480 e. The molecule has 0 heterocycles. The lowest BCUT2D eigenvalue weighted by molar-refractivity contribution is -0.144. The van der Waals surface area contributed by atoms with Crippen LogP contribution in [0.3, 0.4) is 0 Å². The van der Waals surface area contributed by atoms with Crippen LogP contribution in [0, 0.1) is 5.41 Å². The fourth-order valence-corrected chi connectivity index (χ4v) is 2.38. The van der Waals surface area contributed by atoms with E-state index in [1.807, 2.05) is 30.3 Å². The van der Waals surface area contributed by atoms with Crippen LogP contribution in [0.25, 0.3) is 0 Å². The Labute approximate surface area is 130 Å². The molecule has 1 saturated carbocycles. The molecule has 0 radical (unpaired) electrons. The van der Waals surface area contributed by atoms with Gasteiger partial charge < -0.3 is 15.2 Å². The number of hydrogen-bond donors (Lipinski definition) is 2. The highest BCUT2D eigenvalue weighted by Crippen LogP contribution is 2.48. The van der Waals surface area contributed by atoms with Gasteiger partial charge in [-0.05, 0) is 24.8 Å². The highest BCUT2D eigenvalue weighted by atomic mass is 16.5. The zero-order valence-electron chi connectivity index (χ0n) is 12.5. The number of aliphatic carboxylic acids is 1. The molecule has 1 aliphatic carbocycles. The number of carbonyl (C=O) groups is 2. The van der Waals surface area contributed by atoms with Gasteiger partial charge in [0, 0.05) is 0 Å². The number of benzene rings is 1. The van der Waals surface area contributed by atoms with Crippen LogP contribution in [0.15, 0.2) is 43.0 Å². The van der Waals surface area contributed by atoms with Gasteiger partial charge in [0.2, 0.25) is 5.91 Å². The van der Waals surface area contributed by atoms with E-state index in [0.717, 1.165) is 18.4 Å². The lowest BCUT2D eigenvalue weighted by atomic mass is 9.95. The number of ether oxygens (including phenoxy) is 1. The van der Waals surface area contributed by atoms with Crippen molar-refractivity contribution in [3.63, 3.8) is 0 Å². The fraction of sp³-hybridized carbons (Fsp3) is 0.412. The molecule has 0 aliphatic heterocycles. The van der Waals surface area contributed by atoms with Gasteiger partial charge in [-0.25, -0.2) is 4.79 Å². The molecular formula is C17H21NO4. The zero-order chi connectivity index (χ0) is 16.0. The molecule has 1 aromatic carbocycles.